The molecule has 3 aromatic rings. The van der Waals surface area contributed by atoms with Crippen molar-refractivity contribution in [2.24, 2.45) is 0 Å². The fourth-order valence-electron chi connectivity index (χ4n) is 3.05. The van der Waals surface area contributed by atoms with Crippen molar-refractivity contribution in [3.63, 3.8) is 0 Å². The number of nitrogens with zero attached hydrogens (tertiary/aromatic N) is 2. The second-order valence-electron chi connectivity index (χ2n) is 6.94. The monoisotopic (exact) mass is 459 g/mol. The van der Waals surface area contributed by atoms with Crippen molar-refractivity contribution in [3.05, 3.63) is 81.8 Å². The molecule has 0 aliphatic carbocycles. The van der Waals surface area contributed by atoms with Crippen molar-refractivity contribution < 1.29 is 22.8 Å². The molecule has 0 aliphatic rings. The minimum Gasteiger partial charge on any atom is -0.338 e. The van der Waals surface area contributed by atoms with Gasteiger partial charge in [0.1, 0.15) is 0 Å². The van der Waals surface area contributed by atoms with Crippen LogP contribution in [-0.2, 0) is 6.18 Å². The zero-order valence-corrected chi connectivity index (χ0v) is 17.7. The van der Waals surface area contributed by atoms with E-state index in [9.17, 15) is 27.6 Å². The number of urea groups is 1. The average Bonchev–Trinajstić information content (AvgIpc) is 2.73. The molecule has 0 atom stereocenters. The topological polar surface area (TPSA) is 105 Å². The van der Waals surface area contributed by atoms with Gasteiger partial charge in [-0.25, -0.2) is 9.48 Å². The Kier molecular flexibility index (Phi) is 6.80. The summed E-state index contributed by atoms with van der Waals surface area (Å²) in [4.78, 5) is 36.8. The number of carbonyl (C=O) groups is 2. The van der Waals surface area contributed by atoms with E-state index in [2.05, 4.69) is 21.0 Å². The predicted molar refractivity (Wildman–Crippen MR) is 117 cm³/mol. The highest BCUT2D eigenvalue weighted by Gasteiger charge is 2.34. The number of carbonyl (C=O) groups excluding carboxylic acids is 2. The first-order valence-corrected chi connectivity index (χ1v) is 9.84. The molecule has 3 amide bonds. The number of hydrogen-bond donors (Lipinski definition) is 3. The molecule has 0 bridgehead atoms. The van der Waals surface area contributed by atoms with Gasteiger partial charge in [0.05, 0.1) is 11.3 Å². The third kappa shape index (κ3) is 5.56. The fourth-order valence-corrected chi connectivity index (χ4v) is 3.05. The number of halogens is 3. The Morgan fingerprint density at radius 1 is 1.00 bits per heavy atom. The quantitative estimate of drug-likeness (QED) is 0.537. The van der Waals surface area contributed by atoms with Crippen LogP contribution in [0.25, 0.3) is 5.69 Å². The molecular weight excluding hydrogens is 439 g/mol. The van der Waals surface area contributed by atoms with E-state index in [0.717, 1.165) is 16.8 Å². The molecule has 0 unspecified atom stereocenters. The molecule has 33 heavy (non-hydrogen) atoms. The van der Waals surface area contributed by atoms with Gasteiger partial charge < -0.3 is 16.0 Å². The Hall–Kier alpha value is -4.15. The minimum atomic E-state index is -4.66. The van der Waals surface area contributed by atoms with Crippen molar-refractivity contribution >= 4 is 23.3 Å². The van der Waals surface area contributed by atoms with Crippen molar-refractivity contribution in [1.82, 2.24) is 15.1 Å². The van der Waals surface area contributed by atoms with Gasteiger partial charge in [-0.1, -0.05) is 18.2 Å². The molecule has 0 aliphatic heterocycles. The number of aryl methyl sites for hydroxylation is 1. The predicted octanol–water partition coefficient (Wildman–Crippen LogP) is 3.95. The number of rotatable bonds is 5. The first-order valence-electron chi connectivity index (χ1n) is 9.84. The molecule has 3 rings (SSSR count). The van der Waals surface area contributed by atoms with Gasteiger partial charge in [-0.3, -0.25) is 9.59 Å². The molecule has 0 saturated carbocycles. The lowest BCUT2D eigenvalue weighted by Crippen LogP contribution is -2.28. The fraction of sp³-hybridized carbons (Fsp3) is 0.182. The van der Waals surface area contributed by atoms with Crippen LogP contribution >= 0.6 is 0 Å². The standard InChI is InChI=1S/C22H20F3N5O3/c1-3-26-21(33)28-15-8-6-7-14(12-15)27-20(32)19-18(31)11-13(2)30(29-19)17-10-5-4-9-16(17)22(23,24)25/h4-12H,3H2,1-2H3,(H,27,32)(H2,26,28,33). The number of aromatic nitrogens is 2. The Labute approximate surface area is 186 Å². The van der Waals surface area contributed by atoms with Gasteiger partial charge in [-0.2, -0.15) is 18.3 Å². The maximum absolute atomic E-state index is 13.5. The molecule has 0 radical (unpaired) electrons. The zero-order chi connectivity index (χ0) is 24.2. The van der Waals surface area contributed by atoms with Crippen molar-refractivity contribution in [2.75, 3.05) is 17.2 Å². The third-order valence-corrected chi connectivity index (χ3v) is 4.48. The maximum atomic E-state index is 13.5. The van der Waals surface area contributed by atoms with Gasteiger partial charge in [0.15, 0.2) is 5.69 Å². The van der Waals surface area contributed by atoms with Crippen LogP contribution in [0.1, 0.15) is 28.7 Å². The summed E-state index contributed by atoms with van der Waals surface area (Å²) >= 11 is 0. The number of nitrogens with one attached hydrogen (secondary N) is 3. The van der Waals surface area contributed by atoms with Crippen LogP contribution in [0.15, 0.2) is 59.4 Å². The maximum Gasteiger partial charge on any atom is 0.418 e. The van der Waals surface area contributed by atoms with Gasteiger partial charge >= 0.3 is 12.2 Å². The average molecular weight is 459 g/mol. The van der Waals surface area contributed by atoms with Crippen LogP contribution in [-0.4, -0.2) is 28.3 Å². The van der Waals surface area contributed by atoms with E-state index in [-0.39, 0.29) is 17.1 Å². The number of alkyl halides is 3. The van der Waals surface area contributed by atoms with Gasteiger partial charge in [-0.15, -0.1) is 0 Å². The number of para-hydroxylation sites is 1. The zero-order valence-electron chi connectivity index (χ0n) is 17.7. The molecule has 3 N–H and O–H groups in total. The minimum absolute atomic E-state index is 0.126. The van der Waals surface area contributed by atoms with Crippen LogP contribution < -0.4 is 21.4 Å². The number of hydrogen-bond acceptors (Lipinski definition) is 4. The highest BCUT2D eigenvalue weighted by Crippen LogP contribution is 2.33. The van der Waals surface area contributed by atoms with E-state index in [1.165, 1.54) is 37.3 Å². The van der Waals surface area contributed by atoms with Gasteiger partial charge in [0.2, 0.25) is 5.43 Å². The molecule has 0 saturated heterocycles. The summed E-state index contributed by atoms with van der Waals surface area (Å²) in [7, 11) is 0. The number of amides is 3. The van der Waals surface area contributed by atoms with Gasteiger partial charge in [0.25, 0.3) is 5.91 Å². The first-order chi connectivity index (χ1) is 15.6. The largest absolute Gasteiger partial charge is 0.418 e. The lowest BCUT2D eigenvalue weighted by atomic mass is 10.1. The Balaban J connectivity index is 1.94. The van der Waals surface area contributed by atoms with E-state index in [1.54, 1.807) is 19.1 Å². The van der Waals surface area contributed by atoms with Crippen LogP contribution in [0.4, 0.5) is 29.3 Å². The van der Waals surface area contributed by atoms with Crippen LogP contribution in [0.5, 0.6) is 0 Å². The highest BCUT2D eigenvalue weighted by molar-refractivity contribution is 6.03. The number of anilines is 2. The lowest BCUT2D eigenvalue weighted by Gasteiger charge is -2.16. The molecular formula is C22H20F3N5O3. The number of benzene rings is 2. The molecule has 0 fully saturated rings. The summed E-state index contributed by atoms with van der Waals surface area (Å²) in [5.74, 6) is -0.909. The van der Waals surface area contributed by atoms with Gasteiger partial charge in [0, 0.05) is 29.7 Å². The molecule has 172 valence electrons. The summed E-state index contributed by atoms with van der Waals surface area (Å²) < 4.78 is 41.3. The highest BCUT2D eigenvalue weighted by atomic mass is 19.4. The van der Waals surface area contributed by atoms with Crippen molar-refractivity contribution in [2.45, 2.75) is 20.0 Å². The SMILES string of the molecule is CCNC(=O)Nc1cccc(NC(=O)c2nn(-c3ccccc3C(F)(F)F)c(C)cc2=O)c1. The molecule has 2 aromatic carbocycles. The van der Waals surface area contributed by atoms with Gasteiger partial charge in [-0.05, 0) is 44.2 Å². The van der Waals surface area contributed by atoms with Crippen LogP contribution in [0.2, 0.25) is 0 Å². The van der Waals surface area contributed by atoms with Crippen LogP contribution in [0.3, 0.4) is 0 Å². The van der Waals surface area contributed by atoms with E-state index in [0.29, 0.717) is 12.2 Å². The van der Waals surface area contributed by atoms with E-state index >= 15 is 0 Å². The Morgan fingerprint density at radius 2 is 1.67 bits per heavy atom. The van der Waals surface area contributed by atoms with Crippen molar-refractivity contribution in [1.29, 1.82) is 0 Å². The third-order valence-electron chi connectivity index (χ3n) is 4.48. The van der Waals surface area contributed by atoms with E-state index < -0.39 is 34.8 Å². The van der Waals surface area contributed by atoms with E-state index in [4.69, 9.17) is 0 Å². The normalized spacial score (nSPS) is 11.1. The smallest absolute Gasteiger partial charge is 0.338 e. The summed E-state index contributed by atoms with van der Waals surface area (Å²) in [6, 6.07) is 11.5. The molecule has 8 nitrogen and oxygen atoms in total. The second-order valence-corrected chi connectivity index (χ2v) is 6.94. The molecule has 0 spiro atoms. The Morgan fingerprint density at radius 3 is 2.33 bits per heavy atom. The lowest BCUT2D eigenvalue weighted by molar-refractivity contribution is -0.137. The molecule has 1 heterocycles. The second kappa shape index (κ2) is 9.55. The molecule has 1 aromatic heterocycles. The summed E-state index contributed by atoms with van der Waals surface area (Å²) in [5, 5.41) is 11.5. The molecule has 11 heteroatoms. The Bertz CT molecular complexity index is 1250. The van der Waals surface area contributed by atoms with Crippen molar-refractivity contribution in [3.8, 4) is 5.69 Å². The first kappa shape index (κ1) is 23.5. The van der Waals surface area contributed by atoms with E-state index in [1.807, 2.05) is 0 Å². The summed E-state index contributed by atoms with van der Waals surface area (Å²) in [5.41, 5.74) is -1.85. The summed E-state index contributed by atoms with van der Waals surface area (Å²) in [6.45, 7) is 3.59. The summed E-state index contributed by atoms with van der Waals surface area (Å²) in [6.07, 6.45) is -4.66. The van der Waals surface area contributed by atoms with Crippen LogP contribution in [0, 0.1) is 6.92 Å².